The lowest BCUT2D eigenvalue weighted by Gasteiger charge is -2.30. The van der Waals surface area contributed by atoms with Crippen LogP contribution < -0.4 is 5.32 Å². The molecule has 3 nitrogen and oxygen atoms in total. The minimum atomic E-state index is -0.804. The third kappa shape index (κ3) is 2.96. The zero-order valence-corrected chi connectivity index (χ0v) is 11.4. The van der Waals surface area contributed by atoms with E-state index in [9.17, 15) is 10.1 Å². The Kier molecular flexibility index (Phi) is 4.21. The minimum absolute atomic E-state index is 0.0548. The van der Waals surface area contributed by atoms with Crippen LogP contribution in [0.2, 0.25) is 0 Å². The predicted octanol–water partition coefficient (Wildman–Crippen LogP) is 3.34. The van der Waals surface area contributed by atoms with E-state index in [1.165, 1.54) is 0 Å². The van der Waals surface area contributed by atoms with Crippen LogP contribution in [0.4, 0.5) is 0 Å². The van der Waals surface area contributed by atoms with Crippen LogP contribution in [0.25, 0.3) is 0 Å². The molecule has 0 heterocycles. The second kappa shape index (κ2) is 5.88. The van der Waals surface area contributed by atoms with Crippen LogP contribution in [-0.4, -0.2) is 5.91 Å². The van der Waals surface area contributed by atoms with E-state index in [1.54, 1.807) is 0 Å². The Balaban J connectivity index is 2.06. The van der Waals surface area contributed by atoms with Crippen molar-refractivity contribution >= 4 is 5.91 Å². The summed E-state index contributed by atoms with van der Waals surface area (Å²) in [5.41, 5.74) is 0.265. The van der Waals surface area contributed by atoms with Gasteiger partial charge in [-0.15, -0.1) is 0 Å². The van der Waals surface area contributed by atoms with Gasteiger partial charge in [0.25, 0.3) is 0 Å². The number of nitrogens with zero attached hydrogens (tertiary/aromatic N) is 1. The fraction of sp³-hybridized carbons (Fsp3) is 0.500. The van der Waals surface area contributed by atoms with Gasteiger partial charge >= 0.3 is 0 Å². The molecular formula is C16H20N2O. The van der Waals surface area contributed by atoms with Gasteiger partial charge in [0.1, 0.15) is 5.41 Å². The Morgan fingerprint density at radius 3 is 2.47 bits per heavy atom. The fourth-order valence-electron chi connectivity index (χ4n) is 2.70. The van der Waals surface area contributed by atoms with E-state index in [1.807, 2.05) is 37.3 Å². The topological polar surface area (TPSA) is 52.9 Å². The van der Waals surface area contributed by atoms with Gasteiger partial charge in [-0.1, -0.05) is 49.6 Å². The lowest BCUT2D eigenvalue weighted by atomic mass is 9.74. The highest BCUT2D eigenvalue weighted by Gasteiger charge is 2.40. The number of carbonyl (C=O) groups is 1. The van der Waals surface area contributed by atoms with Crippen LogP contribution in [0.15, 0.2) is 30.3 Å². The normalized spacial score (nSPS) is 19.2. The van der Waals surface area contributed by atoms with E-state index in [2.05, 4.69) is 11.4 Å². The summed E-state index contributed by atoms with van der Waals surface area (Å²) in [6.45, 7) is 1.96. The first-order valence-corrected chi connectivity index (χ1v) is 6.95. The first-order chi connectivity index (χ1) is 9.18. The predicted molar refractivity (Wildman–Crippen MR) is 74.1 cm³/mol. The fourth-order valence-corrected chi connectivity index (χ4v) is 2.70. The molecule has 1 amide bonds. The largest absolute Gasteiger partial charge is 0.348 e. The minimum Gasteiger partial charge on any atom is -0.348 e. The van der Waals surface area contributed by atoms with Gasteiger partial charge in [0.05, 0.1) is 12.1 Å². The van der Waals surface area contributed by atoms with Crippen molar-refractivity contribution in [3.05, 3.63) is 35.9 Å². The smallest absolute Gasteiger partial charge is 0.240 e. The molecule has 1 aliphatic rings. The third-order valence-electron chi connectivity index (χ3n) is 4.00. The summed E-state index contributed by atoms with van der Waals surface area (Å²) in [6, 6.07) is 12.1. The maximum atomic E-state index is 12.4. The first-order valence-electron chi connectivity index (χ1n) is 6.95. The maximum absolute atomic E-state index is 12.4. The molecule has 0 spiro atoms. The number of hydrogen-bond donors (Lipinski definition) is 1. The third-order valence-corrected chi connectivity index (χ3v) is 4.00. The highest BCUT2D eigenvalue weighted by atomic mass is 16.2. The summed E-state index contributed by atoms with van der Waals surface area (Å²) < 4.78 is 0. The van der Waals surface area contributed by atoms with Gasteiger partial charge in [0, 0.05) is 0 Å². The van der Waals surface area contributed by atoms with Gasteiger partial charge in [0.15, 0.2) is 0 Å². The molecule has 0 bridgehead atoms. The quantitative estimate of drug-likeness (QED) is 0.901. The van der Waals surface area contributed by atoms with Crippen molar-refractivity contribution in [1.82, 2.24) is 5.32 Å². The standard InChI is InChI=1S/C16H20N2O/c1-13(14-8-4-2-5-9-14)18-15(19)16(12-17)10-6-3-7-11-16/h2,4-5,8-9,13H,3,6-7,10-11H2,1H3,(H,18,19). The highest BCUT2D eigenvalue weighted by Crippen LogP contribution is 2.36. The molecule has 0 aromatic heterocycles. The summed E-state index contributed by atoms with van der Waals surface area (Å²) >= 11 is 0. The molecule has 100 valence electrons. The van der Waals surface area contributed by atoms with Crippen molar-refractivity contribution in [2.24, 2.45) is 5.41 Å². The molecule has 1 saturated carbocycles. The lowest BCUT2D eigenvalue weighted by molar-refractivity contribution is -0.130. The second-order valence-electron chi connectivity index (χ2n) is 5.36. The molecular weight excluding hydrogens is 236 g/mol. The number of rotatable bonds is 3. The van der Waals surface area contributed by atoms with Crippen molar-refractivity contribution in [1.29, 1.82) is 5.26 Å². The molecule has 1 fully saturated rings. The molecule has 0 radical (unpaired) electrons. The van der Waals surface area contributed by atoms with Gasteiger partial charge in [-0.3, -0.25) is 4.79 Å². The van der Waals surface area contributed by atoms with Crippen molar-refractivity contribution in [2.45, 2.75) is 45.1 Å². The van der Waals surface area contributed by atoms with Crippen molar-refractivity contribution < 1.29 is 4.79 Å². The Bertz CT molecular complexity index is 469. The number of carbonyl (C=O) groups excluding carboxylic acids is 1. The molecule has 1 N–H and O–H groups in total. The molecule has 1 aromatic rings. The second-order valence-corrected chi connectivity index (χ2v) is 5.36. The van der Waals surface area contributed by atoms with E-state index in [0.29, 0.717) is 12.8 Å². The number of benzene rings is 1. The zero-order valence-electron chi connectivity index (χ0n) is 11.4. The monoisotopic (exact) mass is 256 g/mol. The van der Waals surface area contributed by atoms with E-state index >= 15 is 0 Å². The van der Waals surface area contributed by atoms with E-state index in [-0.39, 0.29) is 11.9 Å². The summed E-state index contributed by atoms with van der Waals surface area (Å²) in [4.78, 5) is 12.4. The number of nitriles is 1. The average molecular weight is 256 g/mol. The molecule has 1 unspecified atom stereocenters. The van der Waals surface area contributed by atoms with E-state index < -0.39 is 5.41 Å². The molecule has 1 aromatic carbocycles. The Morgan fingerprint density at radius 1 is 1.26 bits per heavy atom. The first kappa shape index (κ1) is 13.6. The van der Waals surface area contributed by atoms with Gasteiger partial charge in [-0.2, -0.15) is 5.26 Å². The Hall–Kier alpha value is -1.82. The Morgan fingerprint density at radius 2 is 1.89 bits per heavy atom. The maximum Gasteiger partial charge on any atom is 0.240 e. The molecule has 19 heavy (non-hydrogen) atoms. The van der Waals surface area contributed by atoms with Crippen LogP contribution in [0.1, 0.15) is 50.6 Å². The van der Waals surface area contributed by atoms with E-state index in [0.717, 1.165) is 24.8 Å². The SMILES string of the molecule is CC(NC(=O)C1(C#N)CCCCC1)c1ccccc1. The van der Waals surface area contributed by atoms with Crippen molar-refractivity contribution in [3.8, 4) is 6.07 Å². The summed E-state index contributed by atoms with van der Waals surface area (Å²) in [5, 5.41) is 12.4. The van der Waals surface area contributed by atoms with E-state index in [4.69, 9.17) is 0 Å². The van der Waals surface area contributed by atoms with Crippen LogP contribution in [0.3, 0.4) is 0 Å². The van der Waals surface area contributed by atoms with Crippen LogP contribution in [-0.2, 0) is 4.79 Å². The van der Waals surface area contributed by atoms with Gasteiger partial charge in [0.2, 0.25) is 5.91 Å². The molecule has 0 aliphatic heterocycles. The van der Waals surface area contributed by atoms with Gasteiger partial charge in [-0.25, -0.2) is 0 Å². The van der Waals surface area contributed by atoms with Crippen molar-refractivity contribution in [3.63, 3.8) is 0 Å². The summed E-state index contributed by atoms with van der Waals surface area (Å²) in [6.07, 6.45) is 4.46. The van der Waals surface area contributed by atoms with Crippen LogP contribution >= 0.6 is 0 Å². The lowest BCUT2D eigenvalue weighted by Crippen LogP contribution is -2.42. The summed E-state index contributed by atoms with van der Waals surface area (Å²) in [5.74, 6) is -0.106. The molecule has 3 heteroatoms. The average Bonchev–Trinajstić information content (AvgIpc) is 2.48. The number of amides is 1. The van der Waals surface area contributed by atoms with Crippen molar-refractivity contribution in [2.75, 3.05) is 0 Å². The van der Waals surface area contributed by atoms with Crippen LogP contribution in [0, 0.1) is 16.7 Å². The summed E-state index contributed by atoms with van der Waals surface area (Å²) in [7, 11) is 0. The van der Waals surface area contributed by atoms with Gasteiger partial charge < -0.3 is 5.32 Å². The van der Waals surface area contributed by atoms with Gasteiger partial charge in [-0.05, 0) is 25.3 Å². The number of hydrogen-bond acceptors (Lipinski definition) is 2. The zero-order chi connectivity index (χ0) is 13.7. The number of nitrogens with one attached hydrogen (secondary N) is 1. The molecule has 0 saturated heterocycles. The molecule has 2 rings (SSSR count). The van der Waals surface area contributed by atoms with Crippen LogP contribution in [0.5, 0.6) is 0 Å². The molecule has 1 atom stereocenters. The Labute approximate surface area is 114 Å². The molecule has 1 aliphatic carbocycles. The highest BCUT2D eigenvalue weighted by molar-refractivity contribution is 5.85.